The van der Waals surface area contributed by atoms with Crippen LogP contribution in [0.1, 0.15) is 47.5 Å². The smallest absolute Gasteiger partial charge is 0.243 e. The van der Waals surface area contributed by atoms with E-state index >= 15 is 0 Å². The third-order valence-electron chi connectivity index (χ3n) is 7.55. The minimum Gasteiger partial charge on any atom is -0.496 e. The lowest BCUT2D eigenvalue weighted by molar-refractivity contribution is -0.134. The molecule has 2 amide bonds. The largest absolute Gasteiger partial charge is 0.496 e. The van der Waals surface area contributed by atoms with E-state index in [1.807, 2.05) is 49.4 Å². The molecule has 9 heteroatoms. The fourth-order valence-corrected chi connectivity index (χ4v) is 5.62. The number of amides is 2. The van der Waals surface area contributed by atoms with Crippen molar-refractivity contribution in [1.82, 2.24) is 20.5 Å². The number of ether oxygens (including phenoxy) is 1. The molecule has 1 fully saturated rings. The third kappa shape index (κ3) is 4.66. The van der Waals surface area contributed by atoms with Gasteiger partial charge in [-0.25, -0.2) is 0 Å². The van der Waals surface area contributed by atoms with Gasteiger partial charge in [0.1, 0.15) is 24.1 Å². The van der Waals surface area contributed by atoms with E-state index in [0.717, 1.165) is 27.6 Å². The normalized spacial score (nSPS) is 21.1. The van der Waals surface area contributed by atoms with Gasteiger partial charge in [-0.2, -0.15) is 5.26 Å². The summed E-state index contributed by atoms with van der Waals surface area (Å²) < 4.78 is 5.46. The number of nitrogens with zero attached hydrogens (tertiary/aromatic N) is 2. The first-order valence-corrected chi connectivity index (χ1v) is 12.6. The van der Waals surface area contributed by atoms with Crippen LogP contribution in [0.5, 0.6) is 5.75 Å². The number of aliphatic hydroxyl groups excluding tert-OH is 1. The van der Waals surface area contributed by atoms with Crippen molar-refractivity contribution >= 4 is 22.7 Å². The highest BCUT2D eigenvalue weighted by Crippen LogP contribution is 2.38. The second-order valence-corrected chi connectivity index (χ2v) is 9.76. The molecule has 9 nitrogen and oxygen atoms in total. The number of aromatic amines is 1. The van der Waals surface area contributed by atoms with Crippen LogP contribution in [0.2, 0.25) is 0 Å². The van der Waals surface area contributed by atoms with E-state index in [1.165, 1.54) is 0 Å². The summed E-state index contributed by atoms with van der Waals surface area (Å²) in [7, 11) is 1.60. The number of hydrogen-bond acceptors (Lipinski definition) is 6. The Hall–Kier alpha value is -3.87. The zero-order valence-corrected chi connectivity index (χ0v) is 21.0. The Morgan fingerprint density at radius 1 is 1.32 bits per heavy atom. The molecular formula is C28H31N5O4. The van der Waals surface area contributed by atoms with Gasteiger partial charge in [-0.1, -0.05) is 24.3 Å². The molecule has 1 aromatic heterocycles. The van der Waals surface area contributed by atoms with Crippen LogP contribution in [0.4, 0.5) is 0 Å². The average Bonchev–Trinajstić information content (AvgIpc) is 3.53. The quantitative estimate of drug-likeness (QED) is 0.394. The molecule has 4 N–H and O–H groups in total. The van der Waals surface area contributed by atoms with Crippen molar-refractivity contribution in [3.8, 4) is 11.8 Å². The number of carbonyl (C=O) groups excluding carboxylic acids is 2. The topological polar surface area (TPSA) is 130 Å². The van der Waals surface area contributed by atoms with Crippen molar-refractivity contribution in [1.29, 1.82) is 5.26 Å². The van der Waals surface area contributed by atoms with Gasteiger partial charge in [0.05, 0.1) is 18.9 Å². The lowest BCUT2D eigenvalue weighted by Crippen LogP contribution is -2.48. The number of hydrogen-bond donors (Lipinski definition) is 4. The van der Waals surface area contributed by atoms with E-state index in [0.29, 0.717) is 37.4 Å². The Balaban J connectivity index is 1.46. The molecule has 192 valence electrons. The first-order chi connectivity index (χ1) is 17.9. The number of benzene rings is 2. The van der Waals surface area contributed by atoms with Crippen molar-refractivity contribution in [2.75, 3.05) is 20.2 Å². The molecule has 4 atom stereocenters. The van der Waals surface area contributed by atoms with Gasteiger partial charge in [0.2, 0.25) is 11.8 Å². The molecule has 4 unspecified atom stereocenters. The van der Waals surface area contributed by atoms with E-state index in [9.17, 15) is 20.0 Å². The number of aliphatic hydroxyl groups is 1. The highest BCUT2D eigenvalue weighted by atomic mass is 16.5. The van der Waals surface area contributed by atoms with Crippen molar-refractivity contribution in [2.45, 2.75) is 44.5 Å². The van der Waals surface area contributed by atoms with Gasteiger partial charge in [0, 0.05) is 29.9 Å². The number of fused-ring (bicyclic) bond motifs is 2. The van der Waals surface area contributed by atoms with Gasteiger partial charge in [-0.3, -0.25) is 14.5 Å². The minimum atomic E-state index is -1.09. The Bertz CT molecular complexity index is 1380. The monoisotopic (exact) mass is 501 g/mol. The maximum absolute atomic E-state index is 13.8. The Morgan fingerprint density at radius 3 is 2.86 bits per heavy atom. The van der Waals surface area contributed by atoms with Crippen LogP contribution in [0.15, 0.2) is 42.5 Å². The van der Waals surface area contributed by atoms with Gasteiger partial charge in [-0.05, 0) is 61.1 Å². The average molecular weight is 502 g/mol. The highest BCUT2D eigenvalue weighted by molar-refractivity contribution is 5.87. The summed E-state index contributed by atoms with van der Waals surface area (Å²) in [6.45, 7) is 3.05. The molecule has 0 aliphatic carbocycles. The van der Waals surface area contributed by atoms with Crippen LogP contribution in [0.25, 0.3) is 10.9 Å². The summed E-state index contributed by atoms with van der Waals surface area (Å²) in [6, 6.07) is 13.8. The van der Waals surface area contributed by atoms with Crippen LogP contribution < -0.4 is 15.4 Å². The molecule has 0 saturated carbocycles. The predicted molar refractivity (Wildman–Crippen MR) is 137 cm³/mol. The van der Waals surface area contributed by atoms with Crippen molar-refractivity contribution in [3.63, 3.8) is 0 Å². The number of nitriles is 1. The second-order valence-electron chi connectivity index (χ2n) is 9.76. The minimum absolute atomic E-state index is 0.0839. The number of aryl methyl sites for hydroxylation is 1. The fraction of sp³-hybridized carbons (Fsp3) is 0.393. The van der Waals surface area contributed by atoms with E-state index in [4.69, 9.17) is 4.74 Å². The van der Waals surface area contributed by atoms with E-state index in [1.54, 1.807) is 12.0 Å². The molecule has 0 radical (unpaired) electrons. The van der Waals surface area contributed by atoms with Gasteiger partial charge in [0.25, 0.3) is 0 Å². The fourth-order valence-electron chi connectivity index (χ4n) is 5.62. The Kier molecular flexibility index (Phi) is 6.87. The molecule has 37 heavy (non-hydrogen) atoms. The summed E-state index contributed by atoms with van der Waals surface area (Å²) in [4.78, 5) is 30.8. The molecule has 3 heterocycles. The Labute approximate surface area is 215 Å². The first-order valence-electron chi connectivity index (χ1n) is 12.6. The summed E-state index contributed by atoms with van der Waals surface area (Å²) in [5.41, 5.74) is 4.34. The summed E-state index contributed by atoms with van der Waals surface area (Å²) in [6.07, 6.45) is 0.484. The summed E-state index contributed by atoms with van der Waals surface area (Å²) >= 11 is 0. The lowest BCUT2D eigenvalue weighted by Gasteiger charge is -2.39. The highest BCUT2D eigenvalue weighted by Gasteiger charge is 2.39. The zero-order valence-electron chi connectivity index (χ0n) is 21.0. The first kappa shape index (κ1) is 24.8. The number of rotatable bonds is 7. The molecule has 1 saturated heterocycles. The molecule has 2 aliphatic rings. The molecule has 2 aromatic carbocycles. The number of aromatic nitrogens is 1. The lowest BCUT2D eigenvalue weighted by atomic mass is 9.88. The maximum atomic E-state index is 13.8. The SMILES string of the molecule is COc1cccc2[nH]c(C(O)N3CCc4c(C)cccc4C3C(=O)NC(C#N)CC3CCNC3=O)cc12. The van der Waals surface area contributed by atoms with Gasteiger partial charge >= 0.3 is 0 Å². The number of methoxy groups -OCH3 is 1. The number of carbonyl (C=O) groups is 2. The van der Waals surface area contributed by atoms with Crippen LogP contribution in [0, 0.1) is 24.2 Å². The molecule has 3 aromatic rings. The van der Waals surface area contributed by atoms with Crippen molar-refractivity contribution < 1.29 is 19.4 Å². The van der Waals surface area contributed by atoms with E-state index in [2.05, 4.69) is 21.7 Å². The summed E-state index contributed by atoms with van der Waals surface area (Å²) in [5.74, 6) is -0.0635. The van der Waals surface area contributed by atoms with Crippen LogP contribution >= 0.6 is 0 Å². The van der Waals surface area contributed by atoms with Gasteiger partial charge in [0.15, 0.2) is 0 Å². The van der Waals surface area contributed by atoms with Gasteiger partial charge in [-0.15, -0.1) is 0 Å². The second kappa shape index (κ2) is 10.2. The number of H-pyrrole nitrogens is 1. The van der Waals surface area contributed by atoms with Crippen LogP contribution in [0.3, 0.4) is 0 Å². The molecule has 0 spiro atoms. The zero-order chi connectivity index (χ0) is 26.1. The molecule has 2 aliphatic heterocycles. The predicted octanol–water partition coefficient (Wildman–Crippen LogP) is 2.61. The molecule has 5 rings (SSSR count). The van der Waals surface area contributed by atoms with Crippen LogP contribution in [-0.4, -0.2) is 53.0 Å². The molecular weight excluding hydrogens is 470 g/mol. The summed E-state index contributed by atoms with van der Waals surface area (Å²) in [5, 5.41) is 27.8. The van der Waals surface area contributed by atoms with Crippen LogP contribution in [-0.2, 0) is 16.0 Å². The Morgan fingerprint density at radius 2 is 2.14 bits per heavy atom. The van der Waals surface area contributed by atoms with E-state index in [-0.39, 0.29) is 24.2 Å². The third-order valence-corrected chi connectivity index (χ3v) is 7.55. The maximum Gasteiger partial charge on any atom is 0.243 e. The molecule has 0 bridgehead atoms. The van der Waals surface area contributed by atoms with Gasteiger partial charge < -0.3 is 25.5 Å². The standard InChI is InChI=1S/C28H31N5O4/c1-16-5-3-6-20-19(16)10-12-33(28(36)23-14-21-22(32-23)7-4-8-24(21)37-2)25(20)27(35)31-18(15-29)13-17-9-11-30-26(17)34/h3-8,14,17-18,25,28,32,36H,9-13H2,1-2H3,(H,30,34)(H,31,35). The van der Waals surface area contributed by atoms with E-state index < -0.39 is 18.3 Å². The van der Waals surface area contributed by atoms with Crippen molar-refractivity contribution in [2.24, 2.45) is 5.92 Å². The number of nitrogens with one attached hydrogen (secondary N) is 3. The van der Waals surface area contributed by atoms with Crippen molar-refractivity contribution in [3.05, 3.63) is 64.8 Å².